The van der Waals surface area contributed by atoms with E-state index < -0.39 is 36.3 Å². The fourth-order valence-corrected chi connectivity index (χ4v) is 1.82. The molecular formula is C15H16F2N2O4. The van der Waals surface area contributed by atoms with Crippen molar-refractivity contribution in [2.24, 2.45) is 5.92 Å². The van der Waals surface area contributed by atoms with Gasteiger partial charge in [-0.2, -0.15) is 0 Å². The molecule has 0 radical (unpaired) electrons. The Morgan fingerprint density at radius 1 is 1.35 bits per heavy atom. The highest BCUT2D eigenvalue weighted by molar-refractivity contribution is 5.97. The van der Waals surface area contributed by atoms with Crippen molar-refractivity contribution in [2.45, 2.75) is 18.9 Å². The van der Waals surface area contributed by atoms with E-state index in [1.807, 2.05) is 0 Å². The monoisotopic (exact) mass is 326 g/mol. The van der Waals surface area contributed by atoms with Crippen LogP contribution in [0.2, 0.25) is 0 Å². The first-order valence-electron chi connectivity index (χ1n) is 6.57. The third kappa shape index (κ3) is 4.48. The molecule has 0 unspecified atom stereocenters. The van der Waals surface area contributed by atoms with Gasteiger partial charge in [0.2, 0.25) is 0 Å². The van der Waals surface area contributed by atoms with Crippen LogP contribution in [0.1, 0.15) is 22.8 Å². The number of terminal acetylenes is 1. The van der Waals surface area contributed by atoms with Crippen molar-refractivity contribution in [3.05, 3.63) is 35.4 Å². The highest BCUT2D eigenvalue weighted by Crippen LogP contribution is 2.27. The Labute approximate surface area is 131 Å². The van der Waals surface area contributed by atoms with Crippen LogP contribution in [0.4, 0.5) is 8.78 Å². The Morgan fingerprint density at radius 3 is 2.35 bits per heavy atom. The normalized spacial score (nSPS) is 13.6. The zero-order valence-electron chi connectivity index (χ0n) is 12.2. The van der Waals surface area contributed by atoms with Crippen LogP contribution in [0, 0.1) is 18.3 Å². The summed E-state index contributed by atoms with van der Waals surface area (Å²) in [7, 11) is 0. The maximum atomic E-state index is 13.6. The molecule has 1 rings (SSSR count). The summed E-state index contributed by atoms with van der Waals surface area (Å²) in [5, 5.41) is 19.5. The van der Waals surface area contributed by atoms with Crippen molar-refractivity contribution in [2.75, 3.05) is 6.61 Å². The van der Waals surface area contributed by atoms with E-state index in [9.17, 15) is 18.4 Å². The van der Waals surface area contributed by atoms with E-state index in [-0.39, 0.29) is 5.56 Å². The van der Waals surface area contributed by atoms with Gasteiger partial charge in [0.1, 0.15) is 12.6 Å². The summed E-state index contributed by atoms with van der Waals surface area (Å²) in [6.45, 7) is -0.534. The number of nitrogens with one attached hydrogen (secondary N) is 2. The van der Waals surface area contributed by atoms with E-state index in [2.05, 4.69) is 11.2 Å². The number of hydrogen-bond acceptors (Lipinski definition) is 4. The van der Waals surface area contributed by atoms with Crippen molar-refractivity contribution >= 4 is 11.8 Å². The SMILES string of the molecule is C#Cc1ccc(C(=O)N[C@H](C(=O)NO)[C@@H](C)C(F)(F)CO)cc1. The van der Waals surface area contributed by atoms with Gasteiger partial charge in [-0.15, -0.1) is 6.42 Å². The molecule has 0 aliphatic rings. The van der Waals surface area contributed by atoms with Crippen LogP contribution in [0.5, 0.6) is 0 Å². The van der Waals surface area contributed by atoms with E-state index in [0.29, 0.717) is 5.56 Å². The Balaban J connectivity index is 2.99. The maximum Gasteiger partial charge on any atom is 0.275 e. The molecule has 124 valence electrons. The molecule has 2 atom stereocenters. The molecular weight excluding hydrogens is 310 g/mol. The van der Waals surface area contributed by atoms with E-state index in [1.54, 1.807) is 0 Å². The highest BCUT2D eigenvalue weighted by atomic mass is 19.3. The first-order valence-corrected chi connectivity index (χ1v) is 6.57. The first kappa shape index (κ1) is 18.5. The largest absolute Gasteiger partial charge is 0.390 e. The van der Waals surface area contributed by atoms with Crippen molar-refractivity contribution in [1.82, 2.24) is 10.8 Å². The summed E-state index contributed by atoms with van der Waals surface area (Å²) < 4.78 is 27.1. The molecule has 0 heterocycles. The smallest absolute Gasteiger partial charge is 0.275 e. The molecule has 0 saturated carbocycles. The van der Waals surface area contributed by atoms with Crippen LogP contribution in [-0.4, -0.2) is 40.7 Å². The average Bonchev–Trinajstić information content (AvgIpc) is 2.58. The molecule has 1 aromatic carbocycles. The maximum absolute atomic E-state index is 13.6. The van der Waals surface area contributed by atoms with Crippen molar-refractivity contribution in [3.63, 3.8) is 0 Å². The zero-order chi connectivity index (χ0) is 17.6. The molecule has 0 aromatic heterocycles. The van der Waals surface area contributed by atoms with Crippen molar-refractivity contribution < 1.29 is 28.7 Å². The topological polar surface area (TPSA) is 98.7 Å². The average molecular weight is 326 g/mol. The van der Waals surface area contributed by atoms with E-state index in [1.165, 1.54) is 29.7 Å². The number of amides is 2. The quantitative estimate of drug-likeness (QED) is 0.348. The Hall–Kier alpha value is -2.50. The van der Waals surface area contributed by atoms with Crippen molar-refractivity contribution in [3.8, 4) is 12.3 Å². The van der Waals surface area contributed by atoms with Crippen LogP contribution in [0.15, 0.2) is 24.3 Å². The van der Waals surface area contributed by atoms with Gasteiger partial charge in [0.05, 0.1) is 5.92 Å². The number of hydrogen-bond donors (Lipinski definition) is 4. The molecule has 0 spiro atoms. The number of rotatable bonds is 6. The second-order valence-corrected chi connectivity index (χ2v) is 4.86. The van der Waals surface area contributed by atoms with Crippen molar-refractivity contribution in [1.29, 1.82) is 0 Å². The summed E-state index contributed by atoms with van der Waals surface area (Å²) in [4.78, 5) is 23.6. The van der Waals surface area contributed by atoms with Crippen LogP contribution in [0.25, 0.3) is 0 Å². The van der Waals surface area contributed by atoms with Gasteiger partial charge in [0, 0.05) is 11.1 Å². The van der Waals surface area contributed by atoms with Gasteiger partial charge < -0.3 is 10.4 Å². The summed E-state index contributed by atoms with van der Waals surface area (Å²) in [5.74, 6) is -5.06. The predicted molar refractivity (Wildman–Crippen MR) is 76.8 cm³/mol. The van der Waals surface area contributed by atoms with Gasteiger partial charge in [0.25, 0.3) is 17.7 Å². The number of hydroxylamine groups is 1. The van der Waals surface area contributed by atoms with Gasteiger partial charge in [-0.25, -0.2) is 14.3 Å². The lowest BCUT2D eigenvalue weighted by molar-refractivity contribution is -0.142. The zero-order valence-corrected chi connectivity index (χ0v) is 12.2. The summed E-state index contributed by atoms with van der Waals surface area (Å²) in [6, 6.07) is 3.94. The molecule has 0 bridgehead atoms. The molecule has 0 aliphatic heterocycles. The number of alkyl halides is 2. The lowest BCUT2D eigenvalue weighted by Gasteiger charge is -2.28. The van der Waals surface area contributed by atoms with Crippen LogP contribution < -0.4 is 10.8 Å². The molecule has 2 amide bonds. The second-order valence-electron chi connectivity index (χ2n) is 4.86. The summed E-state index contributed by atoms with van der Waals surface area (Å²) >= 11 is 0. The highest BCUT2D eigenvalue weighted by Gasteiger charge is 2.44. The van der Waals surface area contributed by atoms with E-state index >= 15 is 0 Å². The van der Waals surface area contributed by atoms with Crippen LogP contribution in [0.3, 0.4) is 0 Å². The molecule has 4 N–H and O–H groups in total. The fourth-order valence-electron chi connectivity index (χ4n) is 1.82. The lowest BCUT2D eigenvalue weighted by Crippen LogP contribution is -2.54. The minimum atomic E-state index is -3.63. The number of aliphatic hydroxyl groups excluding tert-OH is 1. The van der Waals surface area contributed by atoms with Crippen LogP contribution in [-0.2, 0) is 4.79 Å². The van der Waals surface area contributed by atoms with Gasteiger partial charge in [-0.3, -0.25) is 14.8 Å². The molecule has 0 aliphatic carbocycles. The van der Waals surface area contributed by atoms with Gasteiger partial charge in [-0.05, 0) is 24.3 Å². The first-order chi connectivity index (χ1) is 10.8. The van der Waals surface area contributed by atoms with Gasteiger partial charge in [0.15, 0.2) is 0 Å². The standard InChI is InChI=1S/C15H16F2N2O4/c1-3-10-4-6-11(7-5-10)13(21)18-12(14(22)19-23)9(2)15(16,17)8-20/h1,4-7,9,12,20,23H,8H2,2H3,(H,18,21)(H,19,22)/t9-,12+/m1/s1. The number of benzene rings is 1. The van der Waals surface area contributed by atoms with E-state index in [4.69, 9.17) is 16.7 Å². The molecule has 6 nitrogen and oxygen atoms in total. The van der Waals surface area contributed by atoms with Crippen LogP contribution >= 0.6 is 0 Å². The Morgan fingerprint density at radius 2 is 1.91 bits per heavy atom. The van der Waals surface area contributed by atoms with Gasteiger partial charge in [-0.1, -0.05) is 12.8 Å². The minimum absolute atomic E-state index is 0.0965. The molecule has 0 saturated heterocycles. The number of carbonyl (C=O) groups is 2. The molecule has 23 heavy (non-hydrogen) atoms. The van der Waals surface area contributed by atoms with E-state index in [0.717, 1.165) is 6.92 Å². The Bertz CT molecular complexity index is 611. The predicted octanol–water partition coefficient (Wildman–Crippen LogP) is 0.535. The Kier molecular flexibility index (Phi) is 6.18. The number of carbonyl (C=O) groups excluding carboxylic acids is 2. The molecule has 1 aromatic rings. The lowest BCUT2D eigenvalue weighted by atomic mass is 9.94. The third-order valence-electron chi connectivity index (χ3n) is 3.37. The third-order valence-corrected chi connectivity index (χ3v) is 3.37. The number of halogens is 2. The summed E-state index contributed by atoms with van der Waals surface area (Å²) in [6.07, 6.45) is 5.18. The molecule has 0 fully saturated rings. The second kappa shape index (κ2) is 7.67. The minimum Gasteiger partial charge on any atom is -0.390 e. The molecule has 8 heteroatoms. The summed E-state index contributed by atoms with van der Waals surface area (Å²) in [5.41, 5.74) is 1.84. The fraction of sp³-hybridized carbons (Fsp3) is 0.333. The van der Waals surface area contributed by atoms with Gasteiger partial charge >= 0.3 is 0 Å². The number of aliphatic hydroxyl groups is 1.